The fourth-order valence-electron chi connectivity index (χ4n) is 1.98. The van der Waals surface area contributed by atoms with E-state index in [1.165, 1.54) is 6.20 Å². The maximum Gasteiger partial charge on any atom is 0.253 e. The van der Waals surface area contributed by atoms with Gasteiger partial charge < -0.3 is 10.6 Å². The van der Waals surface area contributed by atoms with E-state index in [1.54, 1.807) is 10.7 Å². The molecule has 0 aliphatic rings. The number of hydrogen-bond acceptors (Lipinski definition) is 4. The highest BCUT2D eigenvalue weighted by Crippen LogP contribution is 2.18. The summed E-state index contributed by atoms with van der Waals surface area (Å²) in [6.45, 7) is 5.00. The van der Waals surface area contributed by atoms with Crippen molar-refractivity contribution < 1.29 is 4.79 Å². The van der Waals surface area contributed by atoms with Gasteiger partial charge in [0.05, 0.1) is 16.3 Å². The molecule has 0 aliphatic heterocycles. The number of amides is 1. The summed E-state index contributed by atoms with van der Waals surface area (Å²) in [5, 5.41) is 10.5. The van der Waals surface area contributed by atoms with Crippen LogP contribution in [0.25, 0.3) is 0 Å². The van der Waals surface area contributed by atoms with Crippen LogP contribution in [0.3, 0.4) is 0 Å². The van der Waals surface area contributed by atoms with E-state index >= 15 is 0 Å². The summed E-state index contributed by atoms with van der Waals surface area (Å²) in [4.78, 5) is 16.3. The Kier molecular flexibility index (Phi) is 4.80. The molecule has 0 radical (unpaired) electrons. The number of anilines is 1. The van der Waals surface area contributed by atoms with Gasteiger partial charge in [-0.3, -0.25) is 9.48 Å². The van der Waals surface area contributed by atoms with Crippen LogP contribution in [0.2, 0.25) is 5.02 Å². The summed E-state index contributed by atoms with van der Waals surface area (Å²) >= 11 is 6.04. The van der Waals surface area contributed by atoms with Gasteiger partial charge in [-0.1, -0.05) is 11.6 Å². The van der Waals surface area contributed by atoms with Crippen LogP contribution < -0.4 is 10.6 Å². The van der Waals surface area contributed by atoms with Crippen LogP contribution >= 0.6 is 11.6 Å². The van der Waals surface area contributed by atoms with E-state index in [-0.39, 0.29) is 5.91 Å². The number of nitrogens with one attached hydrogen (secondary N) is 2. The van der Waals surface area contributed by atoms with Crippen LogP contribution in [0.1, 0.15) is 28.5 Å². The molecule has 0 unspecified atom stereocenters. The number of carbonyl (C=O) groups is 1. The number of hydrogen-bond donors (Lipinski definition) is 2. The van der Waals surface area contributed by atoms with Crippen molar-refractivity contribution in [3.05, 3.63) is 40.3 Å². The molecule has 2 aromatic rings. The van der Waals surface area contributed by atoms with Gasteiger partial charge in [0, 0.05) is 38.1 Å². The molecule has 21 heavy (non-hydrogen) atoms. The van der Waals surface area contributed by atoms with Crippen molar-refractivity contribution >= 4 is 23.3 Å². The van der Waals surface area contributed by atoms with E-state index in [0.717, 1.165) is 17.8 Å². The van der Waals surface area contributed by atoms with Crippen LogP contribution in [-0.4, -0.2) is 27.2 Å². The summed E-state index contributed by atoms with van der Waals surface area (Å²) < 4.78 is 1.72. The first-order valence-electron chi connectivity index (χ1n) is 6.68. The van der Waals surface area contributed by atoms with Gasteiger partial charge in [-0.15, -0.1) is 0 Å². The van der Waals surface area contributed by atoms with Crippen LogP contribution in [0.15, 0.2) is 18.5 Å². The molecular formula is C14H18ClN5O. The van der Waals surface area contributed by atoms with Gasteiger partial charge in [-0.05, 0) is 19.9 Å². The molecule has 0 spiro atoms. The Morgan fingerprint density at radius 3 is 2.86 bits per heavy atom. The van der Waals surface area contributed by atoms with Crippen LogP contribution in [-0.2, 0) is 13.6 Å². The van der Waals surface area contributed by atoms with Crippen molar-refractivity contribution in [2.75, 3.05) is 11.9 Å². The molecule has 0 aromatic carbocycles. The Morgan fingerprint density at radius 2 is 2.24 bits per heavy atom. The molecule has 2 rings (SSSR count). The van der Waals surface area contributed by atoms with E-state index in [1.807, 2.05) is 27.1 Å². The number of carbonyl (C=O) groups excluding carboxylic acids is 1. The van der Waals surface area contributed by atoms with Crippen LogP contribution in [0, 0.1) is 6.92 Å². The maximum atomic E-state index is 12.2. The second-order valence-corrected chi connectivity index (χ2v) is 5.08. The van der Waals surface area contributed by atoms with Gasteiger partial charge in [-0.2, -0.15) is 5.10 Å². The zero-order valence-electron chi connectivity index (χ0n) is 12.3. The van der Waals surface area contributed by atoms with Crippen LogP contribution in [0.4, 0.5) is 5.82 Å². The lowest BCUT2D eigenvalue weighted by molar-refractivity contribution is 0.0951. The van der Waals surface area contributed by atoms with Crippen molar-refractivity contribution in [2.45, 2.75) is 20.4 Å². The molecule has 6 nitrogen and oxygen atoms in total. The standard InChI is InChI=1S/C14H18ClN5O/c1-4-16-13-5-11(12(15)7-17-13)14(21)18-6-10-8-20(3)19-9(10)2/h5,7-8H,4,6H2,1-3H3,(H,16,17)(H,18,21). The van der Waals surface area contributed by atoms with Crippen molar-refractivity contribution in [3.63, 3.8) is 0 Å². The van der Waals surface area contributed by atoms with Crippen molar-refractivity contribution in [2.24, 2.45) is 7.05 Å². The Hall–Kier alpha value is -2.08. The molecule has 112 valence electrons. The third-order valence-corrected chi connectivity index (χ3v) is 3.31. The Labute approximate surface area is 128 Å². The second-order valence-electron chi connectivity index (χ2n) is 4.68. The third kappa shape index (κ3) is 3.72. The molecule has 0 bridgehead atoms. The molecule has 0 fully saturated rings. The number of halogens is 1. The zero-order chi connectivity index (χ0) is 15.4. The van der Waals surface area contributed by atoms with Gasteiger partial charge in [-0.25, -0.2) is 4.98 Å². The molecule has 0 saturated carbocycles. The molecule has 0 saturated heterocycles. The normalized spacial score (nSPS) is 10.5. The quantitative estimate of drug-likeness (QED) is 0.888. The minimum absolute atomic E-state index is 0.232. The first kappa shape index (κ1) is 15.3. The zero-order valence-corrected chi connectivity index (χ0v) is 13.0. The monoisotopic (exact) mass is 307 g/mol. The van der Waals surface area contributed by atoms with Crippen molar-refractivity contribution in [3.8, 4) is 0 Å². The lowest BCUT2D eigenvalue weighted by Crippen LogP contribution is -2.23. The van der Waals surface area contributed by atoms with Gasteiger partial charge in [0.1, 0.15) is 5.82 Å². The van der Waals surface area contributed by atoms with E-state index in [0.29, 0.717) is 22.9 Å². The van der Waals surface area contributed by atoms with Gasteiger partial charge in [0.15, 0.2) is 0 Å². The predicted molar refractivity (Wildman–Crippen MR) is 82.5 cm³/mol. The van der Waals surface area contributed by atoms with E-state index < -0.39 is 0 Å². The van der Waals surface area contributed by atoms with E-state index in [2.05, 4.69) is 20.7 Å². The fraction of sp³-hybridized carbons (Fsp3) is 0.357. The highest BCUT2D eigenvalue weighted by Gasteiger charge is 2.13. The minimum atomic E-state index is -0.232. The van der Waals surface area contributed by atoms with Gasteiger partial charge in [0.25, 0.3) is 5.91 Å². The Balaban J connectivity index is 2.09. The highest BCUT2D eigenvalue weighted by molar-refractivity contribution is 6.33. The summed E-state index contributed by atoms with van der Waals surface area (Å²) in [7, 11) is 1.85. The minimum Gasteiger partial charge on any atom is -0.370 e. The number of rotatable bonds is 5. The molecule has 1 amide bonds. The average molecular weight is 308 g/mol. The lowest BCUT2D eigenvalue weighted by atomic mass is 10.2. The highest BCUT2D eigenvalue weighted by atomic mass is 35.5. The van der Waals surface area contributed by atoms with Crippen molar-refractivity contribution in [1.29, 1.82) is 0 Å². The predicted octanol–water partition coefficient (Wildman–Crippen LogP) is 2.14. The van der Waals surface area contributed by atoms with Gasteiger partial charge >= 0.3 is 0 Å². The molecule has 2 N–H and O–H groups in total. The van der Waals surface area contributed by atoms with Crippen LogP contribution in [0.5, 0.6) is 0 Å². The number of nitrogens with zero attached hydrogens (tertiary/aromatic N) is 3. The Morgan fingerprint density at radius 1 is 1.48 bits per heavy atom. The topological polar surface area (TPSA) is 71.8 Å². The second kappa shape index (κ2) is 6.58. The fourth-order valence-corrected chi connectivity index (χ4v) is 2.17. The average Bonchev–Trinajstić information content (AvgIpc) is 2.76. The smallest absolute Gasteiger partial charge is 0.253 e. The number of aryl methyl sites for hydroxylation is 2. The van der Waals surface area contributed by atoms with E-state index in [9.17, 15) is 4.79 Å². The molecule has 2 aromatic heterocycles. The van der Waals surface area contributed by atoms with E-state index in [4.69, 9.17) is 11.6 Å². The van der Waals surface area contributed by atoms with Crippen molar-refractivity contribution in [1.82, 2.24) is 20.1 Å². The molecular weight excluding hydrogens is 290 g/mol. The summed E-state index contributed by atoms with van der Waals surface area (Å²) in [6, 6.07) is 1.65. The summed E-state index contributed by atoms with van der Waals surface area (Å²) in [5.74, 6) is 0.398. The number of aromatic nitrogens is 3. The number of pyridine rings is 1. The molecule has 0 atom stereocenters. The lowest BCUT2D eigenvalue weighted by Gasteiger charge is -2.08. The maximum absolute atomic E-state index is 12.2. The summed E-state index contributed by atoms with van der Waals surface area (Å²) in [6.07, 6.45) is 3.36. The molecule has 0 aliphatic carbocycles. The largest absolute Gasteiger partial charge is 0.370 e. The first-order chi connectivity index (χ1) is 10.0. The molecule has 2 heterocycles. The third-order valence-electron chi connectivity index (χ3n) is 3.01. The van der Waals surface area contributed by atoms with Gasteiger partial charge in [0.2, 0.25) is 0 Å². The SMILES string of the molecule is CCNc1cc(C(=O)NCc2cn(C)nc2C)c(Cl)cn1. The molecule has 7 heteroatoms. The first-order valence-corrected chi connectivity index (χ1v) is 7.05. The summed E-state index contributed by atoms with van der Waals surface area (Å²) in [5.41, 5.74) is 2.28. The Bertz CT molecular complexity index is 653.